The normalized spacial score (nSPS) is 10.0. The lowest BCUT2D eigenvalue weighted by atomic mass is 10.2. The van der Waals surface area contributed by atoms with E-state index < -0.39 is 5.97 Å². The second-order valence-corrected chi connectivity index (χ2v) is 4.09. The van der Waals surface area contributed by atoms with Crippen LogP contribution in [-0.4, -0.2) is 29.7 Å². The van der Waals surface area contributed by atoms with Crippen molar-refractivity contribution in [2.45, 2.75) is 12.8 Å². The van der Waals surface area contributed by atoms with Crippen LogP contribution >= 0.6 is 11.6 Å². The molecule has 0 aromatic carbocycles. The van der Waals surface area contributed by atoms with Gasteiger partial charge in [-0.3, -0.25) is 0 Å². The summed E-state index contributed by atoms with van der Waals surface area (Å²) < 4.78 is 0. The van der Waals surface area contributed by atoms with Crippen molar-refractivity contribution in [1.82, 2.24) is 4.98 Å². The van der Waals surface area contributed by atoms with Gasteiger partial charge in [0, 0.05) is 19.8 Å². The monoisotopic (exact) mass is 254 g/mol. The summed E-state index contributed by atoms with van der Waals surface area (Å²) in [4.78, 5) is 16.9. The maximum Gasteiger partial charge on any atom is 0.337 e. The second kappa shape index (κ2) is 6.25. The van der Waals surface area contributed by atoms with E-state index in [-0.39, 0.29) is 10.6 Å². The molecule has 92 valence electrons. The third-order valence-electron chi connectivity index (χ3n) is 2.36. The number of carboxylic acids is 1. The molecule has 0 radical (unpaired) electrons. The Bertz CT molecular complexity index is 421. The van der Waals surface area contributed by atoms with E-state index in [1.165, 1.54) is 12.3 Å². The first kappa shape index (κ1) is 13.5. The van der Waals surface area contributed by atoms with Crippen LogP contribution in [0.4, 0.5) is 5.82 Å². The predicted molar refractivity (Wildman–Crippen MR) is 68.9 cm³/mol. The highest BCUT2D eigenvalue weighted by atomic mass is 35.5. The van der Waals surface area contributed by atoms with Crippen molar-refractivity contribution in [1.29, 1.82) is 0 Å². The molecule has 1 aromatic rings. The van der Waals surface area contributed by atoms with Crippen LogP contribution in [0.2, 0.25) is 5.02 Å². The Morgan fingerprint density at radius 1 is 1.71 bits per heavy atom. The lowest BCUT2D eigenvalue weighted by Gasteiger charge is -2.18. The SMILES string of the molecule is C=CCCCN(C)c1cc(C(=O)O)c(Cl)cn1. The number of carbonyl (C=O) groups is 1. The molecule has 0 spiro atoms. The number of halogens is 1. The number of aromatic nitrogens is 1. The van der Waals surface area contributed by atoms with Gasteiger partial charge in [0.05, 0.1) is 10.6 Å². The zero-order chi connectivity index (χ0) is 12.8. The number of carboxylic acid groups (broad SMARTS) is 1. The molecule has 4 nitrogen and oxygen atoms in total. The summed E-state index contributed by atoms with van der Waals surface area (Å²) in [6.45, 7) is 4.44. The average molecular weight is 255 g/mol. The zero-order valence-electron chi connectivity index (χ0n) is 9.69. The van der Waals surface area contributed by atoms with Crippen LogP contribution < -0.4 is 4.90 Å². The van der Waals surface area contributed by atoms with Crippen molar-refractivity contribution in [3.63, 3.8) is 0 Å². The summed E-state index contributed by atoms with van der Waals surface area (Å²) in [6.07, 6.45) is 5.09. The van der Waals surface area contributed by atoms with Gasteiger partial charge in [0.2, 0.25) is 0 Å². The fourth-order valence-corrected chi connectivity index (χ4v) is 1.57. The number of unbranched alkanes of at least 4 members (excludes halogenated alkanes) is 1. The van der Waals surface area contributed by atoms with Crippen LogP contribution in [0.1, 0.15) is 23.2 Å². The third-order valence-corrected chi connectivity index (χ3v) is 2.67. The van der Waals surface area contributed by atoms with Crippen LogP contribution in [0, 0.1) is 0 Å². The Hall–Kier alpha value is -1.55. The largest absolute Gasteiger partial charge is 0.478 e. The molecule has 0 aliphatic heterocycles. The molecule has 0 aliphatic rings. The minimum Gasteiger partial charge on any atom is -0.478 e. The van der Waals surface area contributed by atoms with Crippen LogP contribution in [0.3, 0.4) is 0 Å². The first-order valence-electron chi connectivity index (χ1n) is 5.27. The molecule has 0 amide bonds. The van der Waals surface area contributed by atoms with E-state index in [1.807, 2.05) is 18.0 Å². The van der Waals surface area contributed by atoms with E-state index in [2.05, 4.69) is 11.6 Å². The Morgan fingerprint density at radius 3 is 3.00 bits per heavy atom. The molecule has 0 fully saturated rings. The van der Waals surface area contributed by atoms with Crippen LogP contribution in [-0.2, 0) is 0 Å². The molecular formula is C12H15ClN2O2. The van der Waals surface area contributed by atoms with E-state index in [0.29, 0.717) is 5.82 Å². The van der Waals surface area contributed by atoms with Gasteiger partial charge in [-0.1, -0.05) is 17.7 Å². The smallest absolute Gasteiger partial charge is 0.337 e. The van der Waals surface area contributed by atoms with Gasteiger partial charge in [-0.2, -0.15) is 0 Å². The van der Waals surface area contributed by atoms with Gasteiger partial charge in [0.1, 0.15) is 5.82 Å². The first-order chi connectivity index (χ1) is 8.06. The highest BCUT2D eigenvalue weighted by Gasteiger charge is 2.12. The summed E-state index contributed by atoms with van der Waals surface area (Å²) in [5.41, 5.74) is 0.0761. The summed E-state index contributed by atoms with van der Waals surface area (Å²) in [7, 11) is 1.87. The summed E-state index contributed by atoms with van der Waals surface area (Å²) in [5, 5.41) is 9.10. The predicted octanol–water partition coefficient (Wildman–Crippen LogP) is 2.84. The standard InChI is InChI=1S/C12H15ClN2O2/c1-3-4-5-6-15(2)11-7-9(12(16)17)10(13)8-14-11/h3,7-8H,1,4-6H2,2H3,(H,16,17). The molecule has 0 unspecified atom stereocenters. The molecule has 0 bridgehead atoms. The van der Waals surface area contributed by atoms with Gasteiger partial charge in [-0.15, -0.1) is 6.58 Å². The number of hydrogen-bond acceptors (Lipinski definition) is 3. The van der Waals surface area contributed by atoms with Gasteiger partial charge in [-0.05, 0) is 18.9 Å². The zero-order valence-corrected chi connectivity index (χ0v) is 10.4. The van der Waals surface area contributed by atoms with Crippen molar-refractivity contribution >= 4 is 23.4 Å². The molecule has 17 heavy (non-hydrogen) atoms. The van der Waals surface area contributed by atoms with Gasteiger partial charge >= 0.3 is 5.97 Å². The van der Waals surface area contributed by atoms with Gasteiger partial charge in [0.25, 0.3) is 0 Å². The first-order valence-corrected chi connectivity index (χ1v) is 5.65. The number of allylic oxidation sites excluding steroid dienone is 1. The molecule has 5 heteroatoms. The average Bonchev–Trinajstić information content (AvgIpc) is 2.29. The van der Waals surface area contributed by atoms with Crippen molar-refractivity contribution in [2.24, 2.45) is 0 Å². The number of anilines is 1. The molecular weight excluding hydrogens is 240 g/mol. The Kier molecular flexibility index (Phi) is 4.97. The number of nitrogens with zero attached hydrogens (tertiary/aromatic N) is 2. The maximum atomic E-state index is 10.9. The molecule has 1 N–H and O–H groups in total. The Labute approximate surface area is 106 Å². The Morgan fingerprint density at radius 2 is 2.41 bits per heavy atom. The lowest BCUT2D eigenvalue weighted by molar-refractivity contribution is 0.0697. The molecule has 0 aliphatic carbocycles. The van der Waals surface area contributed by atoms with Crippen LogP contribution in [0.15, 0.2) is 24.9 Å². The molecule has 1 aromatic heterocycles. The lowest BCUT2D eigenvalue weighted by Crippen LogP contribution is -2.20. The van der Waals surface area contributed by atoms with E-state index in [4.69, 9.17) is 16.7 Å². The number of pyridine rings is 1. The summed E-state index contributed by atoms with van der Waals surface area (Å²) in [6, 6.07) is 1.48. The molecule has 0 atom stereocenters. The van der Waals surface area contributed by atoms with E-state index >= 15 is 0 Å². The van der Waals surface area contributed by atoms with E-state index in [0.717, 1.165) is 19.4 Å². The topological polar surface area (TPSA) is 53.4 Å². The minimum atomic E-state index is -1.04. The summed E-state index contributed by atoms with van der Waals surface area (Å²) >= 11 is 5.75. The number of aromatic carboxylic acids is 1. The maximum absolute atomic E-state index is 10.9. The molecule has 1 heterocycles. The highest BCUT2D eigenvalue weighted by molar-refractivity contribution is 6.33. The van der Waals surface area contributed by atoms with Gasteiger partial charge < -0.3 is 10.0 Å². The fourth-order valence-electron chi connectivity index (χ4n) is 1.39. The van der Waals surface area contributed by atoms with Gasteiger partial charge in [0.15, 0.2) is 0 Å². The number of rotatable bonds is 6. The van der Waals surface area contributed by atoms with Crippen molar-refractivity contribution in [3.05, 3.63) is 35.5 Å². The quantitative estimate of drug-likeness (QED) is 0.627. The second-order valence-electron chi connectivity index (χ2n) is 3.68. The highest BCUT2D eigenvalue weighted by Crippen LogP contribution is 2.20. The minimum absolute atomic E-state index is 0.0761. The van der Waals surface area contributed by atoms with Crippen molar-refractivity contribution < 1.29 is 9.90 Å². The van der Waals surface area contributed by atoms with Gasteiger partial charge in [-0.25, -0.2) is 9.78 Å². The van der Waals surface area contributed by atoms with Crippen LogP contribution in [0.5, 0.6) is 0 Å². The molecule has 0 saturated heterocycles. The Balaban J connectivity index is 2.80. The number of hydrogen-bond donors (Lipinski definition) is 1. The third kappa shape index (κ3) is 3.75. The molecule has 0 saturated carbocycles. The summed E-state index contributed by atoms with van der Waals surface area (Å²) in [5.74, 6) is -0.436. The van der Waals surface area contributed by atoms with Crippen molar-refractivity contribution in [2.75, 3.05) is 18.5 Å². The van der Waals surface area contributed by atoms with Crippen LogP contribution in [0.25, 0.3) is 0 Å². The van der Waals surface area contributed by atoms with E-state index in [9.17, 15) is 4.79 Å². The van der Waals surface area contributed by atoms with Crippen molar-refractivity contribution in [3.8, 4) is 0 Å². The fraction of sp³-hybridized carbons (Fsp3) is 0.333. The molecule has 1 rings (SSSR count). The van der Waals surface area contributed by atoms with E-state index in [1.54, 1.807) is 0 Å².